The first-order valence-corrected chi connectivity index (χ1v) is 6.86. The number of nitrogens with one attached hydrogen (secondary N) is 1. The lowest BCUT2D eigenvalue weighted by atomic mass is 10.2. The number of carbonyl (C=O) groups is 1. The highest BCUT2D eigenvalue weighted by Gasteiger charge is 2.11. The number of nitrogens with two attached hydrogens (primary N) is 1. The van der Waals surface area contributed by atoms with Gasteiger partial charge in [0.1, 0.15) is 0 Å². The summed E-state index contributed by atoms with van der Waals surface area (Å²) < 4.78 is 0. The fraction of sp³-hybridized carbons (Fsp3) is 0.214. The lowest BCUT2D eigenvalue weighted by molar-refractivity contribution is 0.0954. The summed E-state index contributed by atoms with van der Waals surface area (Å²) in [6.07, 6.45) is 1.59. The minimum Gasteiger partial charge on any atom is -0.346 e. The van der Waals surface area contributed by atoms with Crippen molar-refractivity contribution in [1.29, 1.82) is 0 Å². The van der Waals surface area contributed by atoms with E-state index in [1.807, 2.05) is 19.1 Å². The van der Waals surface area contributed by atoms with Gasteiger partial charge in [0.05, 0.1) is 28.5 Å². The zero-order valence-corrected chi connectivity index (χ0v) is 11.8. The van der Waals surface area contributed by atoms with Gasteiger partial charge in [0.25, 0.3) is 5.91 Å². The van der Waals surface area contributed by atoms with E-state index in [1.54, 1.807) is 12.3 Å². The van der Waals surface area contributed by atoms with Gasteiger partial charge in [-0.3, -0.25) is 4.79 Å². The number of hydrogen-bond donors (Lipinski definition) is 2. The third-order valence-electron chi connectivity index (χ3n) is 2.50. The van der Waals surface area contributed by atoms with Gasteiger partial charge in [-0.05, 0) is 30.7 Å². The number of rotatable bonds is 3. The van der Waals surface area contributed by atoms with E-state index in [9.17, 15) is 4.79 Å². The zero-order chi connectivity index (χ0) is 14.4. The van der Waals surface area contributed by atoms with Crippen molar-refractivity contribution >= 4 is 17.2 Å². The first kappa shape index (κ1) is 14.2. The molecule has 0 unspecified atom stereocenters. The summed E-state index contributed by atoms with van der Waals surface area (Å²) in [4.78, 5) is 13.5. The molecule has 2 aromatic rings. The summed E-state index contributed by atoms with van der Waals surface area (Å²) in [5.74, 6) is 5.62. The number of aromatic nitrogens is 2. The van der Waals surface area contributed by atoms with Gasteiger partial charge >= 0.3 is 0 Å². The molecule has 0 bridgehead atoms. The first-order valence-electron chi connectivity index (χ1n) is 6.05. The fourth-order valence-corrected chi connectivity index (χ4v) is 2.50. The summed E-state index contributed by atoms with van der Waals surface area (Å²) in [7, 11) is 0. The van der Waals surface area contributed by atoms with E-state index in [0.717, 1.165) is 16.1 Å². The van der Waals surface area contributed by atoms with Crippen molar-refractivity contribution < 1.29 is 4.79 Å². The minimum atomic E-state index is -0.135. The van der Waals surface area contributed by atoms with Crippen LogP contribution in [0, 0.1) is 18.8 Å². The van der Waals surface area contributed by atoms with Crippen LogP contribution in [0.2, 0.25) is 0 Å². The van der Waals surface area contributed by atoms with Crippen LogP contribution in [-0.2, 0) is 6.54 Å². The maximum Gasteiger partial charge on any atom is 0.261 e. The van der Waals surface area contributed by atoms with Gasteiger partial charge in [0.15, 0.2) is 0 Å². The largest absolute Gasteiger partial charge is 0.346 e. The maximum absolute atomic E-state index is 12.0. The monoisotopic (exact) mass is 286 g/mol. The fourth-order valence-electron chi connectivity index (χ4n) is 1.54. The molecule has 5 nitrogen and oxygen atoms in total. The Kier molecular flexibility index (Phi) is 4.82. The molecule has 2 rings (SSSR count). The predicted octanol–water partition coefficient (Wildman–Crippen LogP) is 1.09. The number of nitrogens with zero attached hydrogens (tertiary/aromatic N) is 2. The Bertz CT molecular complexity index is 655. The van der Waals surface area contributed by atoms with Crippen LogP contribution in [0.1, 0.15) is 25.8 Å². The molecule has 1 amide bonds. The second-order valence-electron chi connectivity index (χ2n) is 4.03. The van der Waals surface area contributed by atoms with Gasteiger partial charge in [-0.2, -0.15) is 10.2 Å². The second kappa shape index (κ2) is 6.80. The molecule has 6 heteroatoms. The van der Waals surface area contributed by atoms with E-state index in [-0.39, 0.29) is 5.91 Å². The summed E-state index contributed by atoms with van der Waals surface area (Å²) in [6.45, 7) is 2.59. The van der Waals surface area contributed by atoms with Crippen molar-refractivity contribution in [1.82, 2.24) is 15.5 Å². The van der Waals surface area contributed by atoms with Crippen LogP contribution >= 0.6 is 11.3 Å². The highest BCUT2D eigenvalue weighted by molar-refractivity contribution is 7.14. The molecule has 0 atom stereocenters. The van der Waals surface area contributed by atoms with Gasteiger partial charge in [-0.25, -0.2) is 0 Å². The molecule has 0 aliphatic rings. The number of aryl methyl sites for hydroxylation is 1. The Morgan fingerprint density at radius 2 is 2.40 bits per heavy atom. The molecule has 2 aromatic heterocycles. The molecule has 0 aromatic carbocycles. The van der Waals surface area contributed by atoms with E-state index in [4.69, 9.17) is 5.73 Å². The topological polar surface area (TPSA) is 80.9 Å². The number of thiophene rings is 1. The molecular weight excluding hydrogens is 272 g/mol. The molecule has 0 saturated heterocycles. The molecule has 20 heavy (non-hydrogen) atoms. The van der Waals surface area contributed by atoms with E-state index >= 15 is 0 Å². The van der Waals surface area contributed by atoms with Crippen molar-refractivity contribution in [3.05, 3.63) is 45.4 Å². The molecule has 3 N–H and O–H groups in total. The minimum absolute atomic E-state index is 0.135. The van der Waals surface area contributed by atoms with Crippen LogP contribution in [-0.4, -0.2) is 22.6 Å². The van der Waals surface area contributed by atoms with E-state index in [1.165, 1.54) is 11.3 Å². The standard InChI is InChI=1S/C14H14N4OS/c1-10-8-13(20-12(10)5-2-6-15)14(19)16-9-11-4-3-7-17-18-11/h3-4,7-8H,6,9,15H2,1H3,(H,16,19). The molecular formula is C14H14N4OS. The third kappa shape index (κ3) is 3.63. The van der Waals surface area contributed by atoms with Crippen LogP contribution in [0.4, 0.5) is 0 Å². The van der Waals surface area contributed by atoms with Crippen LogP contribution in [0.3, 0.4) is 0 Å². The van der Waals surface area contributed by atoms with E-state index < -0.39 is 0 Å². The van der Waals surface area contributed by atoms with Crippen LogP contribution in [0.15, 0.2) is 24.4 Å². The molecule has 0 saturated carbocycles. The van der Waals surface area contributed by atoms with Crippen molar-refractivity contribution in [3.63, 3.8) is 0 Å². The average Bonchev–Trinajstić information content (AvgIpc) is 2.85. The highest BCUT2D eigenvalue weighted by atomic mass is 32.1. The number of carbonyl (C=O) groups excluding carboxylic acids is 1. The Balaban J connectivity index is 2.03. The lowest BCUT2D eigenvalue weighted by Gasteiger charge is -2.01. The van der Waals surface area contributed by atoms with Gasteiger partial charge < -0.3 is 11.1 Å². The average molecular weight is 286 g/mol. The third-order valence-corrected chi connectivity index (χ3v) is 3.65. The molecule has 102 valence electrons. The zero-order valence-electron chi connectivity index (χ0n) is 11.0. The Hall–Kier alpha value is -2.23. The summed E-state index contributed by atoms with van der Waals surface area (Å²) in [5, 5.41) is 10.5. The molecule has 0 aliphatic heterocycles. The van der Waals surface area contributed by atoms with Crippen molar-refractivity contribution in [2.75, 3.05) is 6.54 Å². The first-order chi connectivity index (χ1) is 9.70. The Labute approximate surface area is 121 Å². The van der Waals surface area contributed by atoms with Gasteiger partial charge in [-0.15, -0.1) is 11.3 Å². The summed E-state index contributed by atoms with van der Waals surface area (Å²) >= 11 is 1.37. The van der Waals surface area contributed by atoms with E-state index in [2.05, 4.69) is 27.4 Å². The molecule has 2 heterocycles. The SMILES string of the molecule is Cc1cc(C(=O)NCc2cccnn2)sc1C#CCN. The molecule has 0 radical (unpaired) electrons. The molecule has 0 spiro atoms. The number of amides is 1. The second-order valence-corrected chi connectivity index (χ2v) is 5.08. The summed E-state index contributed by atoms with van der Waals surface area (Å²) in [5.41, 5.74) is 7.05. The smallest absolute Gasteiger partial charge is 0.261 e. The lowest BCUT2D eigenvalue weighted by Crippen LogP contribution is -2.22. The molecule has 0 aliphatic carbocycles. The van der Waals surface area contributed by atoms with Crippen LogP contribution < -0.4 is 11.1 Å². The normalized spacial score (nSPS) is 9.70. The predicted molar refractivity (Wildman–Crippen MR) is 78.2 cm³/mol. The van der Waals surface area contributed by atoms with Crippen molar-refractivity contribution in [3.8, 4) is 11.8 Å². The van der Waals surface area contributed by atoms with Gasteiger partial charge in [0.2, 0.25) is 0 Å². The van der Waals surface area contributed by atoms with Gasteiger partial charge in [-0.1, -0.05) is 11.8 Å². The van der Waals surface area contributed by atoms with Crippen LogP contribution in [0.25, 0.3) is 0 Å². The van der Waals surface area contributed by atoms with E-state index in [0.29, 0.717) is 18.0 Å². The van der Waals surface area contributed by atoms with Crippen LogP contribution in [0.5, 0.6) is 0 Å². The van der Waals surface area contributed by atoms with Crippen molar-refractivity contribution in [2.24, 2.45) is 5.73 Å². The Morgan fingerprint density at radius 1 is 1.55 bits per heavy atom. The quantitative estimate of drug-likeness (QED) is 0.828. The highest BCUT2D eigenvalue weighted by Crippen LogP contribution is 2.20. The summed E-state index contributed by atoms with van der Waals surface area (Å²) in [6, 6.07) is 5.42. The van der Waals surface area contributed by atoms with Gasteiger partial charge in [0, 0.05) is 6.20 Å². The molecule has 0 fully saturated rings. The maximum atomic E-state index is 12.0. The number of hydrogen-bond acceptors (Lipinski definition) is 5. The Morgan fingerprint density at radius 3 is 3.10 bits per heavy atom. The van der Waals surface area contributed by atoms with Crippen molar-refractivity contribution in [2.45, 2.75) is 13.5 Å².